The normalized spacial score (nSPS) is 44.1. The van der Waals surface area contributed by atoms with E-state index in [9.17, 15) is 0 Å². The fourth-order valence-corrected chi connectivity index (χ4v) is 5.43. The monoisotopic (exact) mass is 277 g/mol. The molecule has 0 atom stereocenters. The molecule has 4 aliphatic carbocycles. The lowest BCUT2D eigenvalue weighted by atomic mass is 9.52. The van der Waals surface area contributed by atoms with Crippen LogP contribution in [-0.2, 0) is 4.74 Å². The average molecular weight is 277 g/mol. The molecule has 4 saturated carbocycles. The van der Waals surface area contributed by atoms with Crippen molar-refractivity contribution in [3.05, 3.63) is 0 Å². The number of rotatable bonds is 2. The Hall–Kier alpha value is -0.770. The summed E-state index contributed by atoms with van der Waals surface area (Å²) < 4.78 is 5.37. The van der Waals surface area contributed by atoms with E-state index in [1.807, 2.05) is 0 Å². The van der Waals surface area contributed by atoms with Crippen LogP contribution in [0.4, 0.5) is 0 Å². The molecule has 1 saturated heterocycles. The van der Waals surface area contributed by atoms with Crippen molar-refractivity contribution in [2.24, 2.45) is 40.3 Å². The van der Waals surface area contributed by atoms with Crippen LogP contribution < -0.4 is 5.73 Å². The molecule has 1 aliphatic heterocycles. The zero-order valence-corrected chi connectivity index (χ0v) is 12.3. The van der Waals surface area contributed by atoms with E-state index in [1.165, 1.54) is 32.1 Å². The second-order valence-electron chi connectivity index (χ2n) is 7.39. The van der Waals surface area contributed by atoms with Gasteiger partial charge in [-0.15, -0.1) is 0 Å². The van der Waals surface area contributed by atoms with E-state index < -0.39 is 0 Å². The molecule has 0 radical (unpaired) electrons. The number of nitrogens with zero attached hydrogens (tertiary/aromatic N) is 2. The van der Waals surface area contributed by atoms with Crippen molar-refractivity contribution in [1.29, 1.82) is 0 Å². The third kappa shape index (κ3) is 2.32. The Morgan fingerprint density at radius 2 is 1.60 bits per heavy atom. The second-order valence-corrected chi connectivity index (χ2v) is 7.39. The summed E-state index contributed by atoms with van der Waals surface area (Å²) in [6.45, 7) is 4.34. The molecule has 0 spiro atoms. The lowest BCUT2D eigenvalue weighted by Crippen LogP contribution is -2.47. The van der Waals surface area contributed by atoms with Gasteiger partial charge in [-0.3, -0.25) is 4.99 Å². The minimum absolute atomic E-state index is 0.752. The van der Waals surface area contributed by atoms with Gasteiger partial charge >= 0.3 is 0 Å². The molecular formula is C16H27N3O. The number of hydrogen-bond donors (Lipinski definition) is 1. The highest BCUT2D eigenvalue weighted by Gasteiger charge is 2.47. The fraction of sp³-hybridized carbons (Fsp3) is 0.938. The van der Waals surface area contributed by atoms with Crippen LogP contribution in [0, 0.1) is 29.6 Å². The van der Waals surface area contributed by atoms with Crippen molar-refractivity contribution >= 4 is 5.96 Å². The van der Waals surface area contributed by atoms with E-state index in [4.69, 9.17) is 15.5 Å². The van der Waals surface area contributed by atoms with E-state index in [-0.39, 0.29) is 0 Å². The van der Waals surface area contributed by atoms with Crippen molar-refractivity contribution in [2.75, 3.05) is 32.8 Å². The quantitative estimate of drug-likeness (QED) is 0.617. The molecule has 1 heterocycles. The van der Waals surface area contributed by atoms with Gasteiger partial charge in [-0.25, -0.2) is 0 Å². The van der Waals surface area contributed by atoms with E-state index in [0.717, 1.165) is 68.4 Å². The molecule has 4 nitrogen and oxygen atoms in total. The number of ether oxygens (including phenoxy) is 1. The van der Waals surface area contributed by atoms with Gasteiger partial charge in [0.2, 0.25) is 0 Å². The zero-order valence-electron chi connectivity index (χ0n) is 12.3. The Labute approximate surface area is 121 Å². The van der Waals surface area contributed by atoms with Crippen LogP contribution in [0.15, 0.2) is 4.99 Å². The van der Waals surface area contributed by atoms with E-state index in [2.05, 4.69) is 4.90 Å². The molecule has 4 heteroatoms. The first-order valence-electron chi connectivity index (χ1n) is 8.42. The van der Waals surface area contributed by atoms with Gasteiger partial charge in [0.15, 0.2) is 5.96 Å². The number of morpholine rings is 1. The molecule has 0 aromatic carbocycles. The first-order chi connectivity index (χ1) is 9.79. The Balaban J connectivity index is 1.39. The van der Waals surface area contributed by atoms with Crippen LogP contribution in [-0.4, -0.2) is 43.7 Å². The molecular weight excluding hydrogens is 250 g/mol. The molecule has 20 heavy (non-hydrogen) atoms. The molecule has 0 amide bonds. The zero-order chi connectivity index (χ0) is 13.5. The second kappa shape index (κ2) is 5.21. The highest BCUT2D eigenvalue weighted by atomic mass is 16.5. The van der Waals surface area contributed by atoms with Gasteiger partial charge in [0.1, 0.15) is 0 Å². The predicted octanol–water partition coefficient (Wildman–Crippen LogP) is 1.71. The number of aliphatic imine (C=N–C) groups is 1. The SMILES string of the molecule is NC(=NCC1C2CC3CC(C2)CC1C3)N1CCOCC1. The summed E-state index contributed by atoms with van der Waals surface area (Å²) in [7, 11) is 0. The summed E-state index contributed by atoms with van der Waals surface area (Å²) in [5.74, 6) is 5.58. The summed E-state index contributed by atoms with van der Waals surface area (Å²) in [5.41, 5.74) is 6.17. The Morgan fingerprint density at radius 3 is 2.20 bits per heavy atom. The van der Waals surface area contributed by atoms with Gasteiger partial charge in [-0.05, 0) is 61.7 Å². The molecule has 5 aliphatic rings. The standard InChI is InChI=1S/C16H27N3O/c17-16(19-1-3-20-4-2-19)18-10-15-13-6-11-5-12(8-13)9-14(15)7-11/h11-15H,1-10H2,(H2,17,18). The topological polar surface area (TPSA) is 50.8 Å². The third-order valence-corrected chi connectivity index (χ3v) is 6.22. The Bertz CT molecular complexity index is 361. The highest BCUT2D eigenvalue weighted by molar-refractivity contribution is 5.78. The maximum absolute atomic E-state index is 6.17. The summed E-state index contributed by atoms with van der Waals surface area (Å²) in [6.07, 6.45) is 7.43. The highest BCUT2D eigenvalue weighted by Crippen LogP contribution is 2.56. The van der Waals surface area contributed by atoms with Gasteiger partial charge in [-0.2, -0.15) is 0 Å². The maximum atomic E-state index is 6.17. The van der Waals surface area contributed by atoms with E-state index >= 15 is 0 Å². The van der Waals surface area contributed by atoms with Gasteiger partial charge < -0.3 is 15.4 Å². The minimum Gasteiger partial charge on any atom is -0.378 e. The molecule has 0 aromatic heterocycles. The van der Waals surface area contributed by atoms with E-state index in [1.54, 1.807) is 0 Å². The van der Waals surface area contributed by atoms with Crippen LogP contribution in [0.1, 0.15) is 32.1 Å². The van der Waals surface area contributed by atoms with Gasteiger partial charge in [0.25, 0.3) is 0 Å². The summed E-state index contributed by atoms with van der Waals surface area (Å²) in [6, 6.07) is 0. The molecule has 0 aromatic rings. The predicted molar refractivity (Wildman–Crippen MR) is 79.4 cm³/mol. The largest absolute Gasteiger partial charge is 0.378 e. The smallest absolute Gasteiger partial charge is 0.191 e. The molecule has 112 valence electrons. The van der Waals surface area contributed by atoms with Crippen LogP contribution in [0.25, 0.3) is 0 Å². The molecule has 4 bridgehead atoms. The summed E-state index contributed by atoms with van der Waals surface area (Å²) >= 11 is 0. The van der Waals surface area contributed by atoms with Crippen molar-refractivity contribution in [3.8, 4) is 0 Å². The van der Waals surface area contributed by atoms with Crippen LogP contribution in [0.2, 0.25) is 0 Å². The van der Waals surface area contributed by atoms with Gasteiger partial charge in [-0.1, -0.05) is 0 Å². The van der Waals surface area contributed by atoms with Crippen LogP contribution in [0.3, 0.4) is 0 Å². The molecule has 5 rings (SSSR count). The third-order valence-electron chi connectivity index (χ3n) is 6.22. The number of nitrogens with two attached hydrogens (primary N) is 1. The number of guanidine groups is 1. The van der Waals surface area contributed by atoms with Crippen molar-refractivity contribution in [2.45, 2.75) is 32.1 Å². The van der Waals surface area contributed by atoms with Crippen molar-refractivity contribution < 1.29 is 4.74 Å². The minimum atomic E-state index is 0.752. The van der Waals surface area contributed by atoms with E-state index in [0.29, 0.717) is 0 Å². The lowest BCUT2D eigenvalue weighted by molar-refractivity contribution is -0.0321. The van der Waals surface area contributed by atoms with Gasteiger partial charge in [0.05, 0.1) is 13.2 Å². The summed E-state index contributed by atoms with van der Waals surface area (Å²) in [4.78, 5) is 6.94. The average Bonchev–Trinajstić information content (AvgIpc) is 2.46. The number of hydrogen-bond acceptors (Lipinski definition) is 2. The first-order valence-corrected chi connectivity index (χ1v) is 8.42. The molecule has 2 N–H and O–H groups in total. The maximum Gasteiger partial charge on any atom is 0.191 e. The van der Waals surface area contributed by atoms with Crippen molar-refractivity contribution in [1.82, 2.24) is 4.90 Å². The Kier molecular flexibility index (Phi) is 3.37. The van der Waals surface area contributed by atoms with Crippen LogP contribution in [0.5, 0.6) is 0 Å². The fourth-order valence-electron chi connectivity index (χ4n) is 5.43. The lowest BCUT2D eigenvalue weighted by Gasteiger charge is -2.54. The molecule has 0 unspecified atom stereocenters. The van der Waals surface area contributed by atoms with Gasteiger partial charge in [0, 0.05) is 19.6 Å². The van der Waals surface area contributed by atoms with Crippen molar-refractivity contribution in [3.63, 3.8) is 0 Å². The summed E-state index contributed by atoms with van der Waals surface area (Å²) in [5, 5.41) is 0. The molecule has 5 fully saturated rings. The Morgan fingerprint density at radius 1 is 1.00 bits per heavy atom. The van der Waals surface area contributed by atoms with Crippen LogP contribution >= 0.6 is 0 Å². The first kappa shape index (κ1) is 12.9.